The number of Topliss-reactive ketones (excluding diaryl/α,β-unsaturated/α-hetero) is 1. The molecule has 0 aromatic heterocycles. The molecular weight excluding hydrogens is 294 g/mol. The van der Waals surface area contributed by atoms with Crippen LogP contribution in [-0.4, -0.2) is 30.1 Å². The molecule has 0 aliphatic carbocycles. The molecule has 2 atom stereocenters. The summed E-state index contributed by atoms with van der Waals surface area (Å²) in [6.07, 6.45) is 0.753. The fourth-order valence-corrected chi connectivity index (χ4v) is 3.01. The van der Waals surface area contributed by atoms with Crippen LogP contribution in [0.4, 0.5) is 5.69 Å². The highest BCUT2D eigenvalue weighted by molar-refractivity contribution is 9.10. The van der Waals surface area contributed by atoms with E-state index in [1.165, 1.54) is 0 Å². The van der Waals surface area contributed by atoms with E-state index < -0.39 is 0 Å². The third-order valence-electron chi connectivity index (χ3n) is 3.60. The third-order valence-corrected chi connectivity index (χ3v) is 4.24. The molecule has 1 aromatic rings. The van der Waals surface area contributed by atoms with Crippen LogP contribution in [0.5, 0.6) is 0 Å². The van der Waals surface area contributed by atoms with Gasteiger partial charge in [0.1, 0.15) is 0 Å². The Morgan fingerprint density at radius 2 is 2.28 bits per heavy atom. The lowest BCUT2D eigenvalue weighted by Gasteiger charge is -2.21. The largest absolute Gasteiger partial charge is 0.393 e. The quantitative estimate of drug-likeness (QED) is 0.873. The summed E-state index contributed by atoms with van der Waals surface area (Å²) in [5.74, 6) is 0.412. The predicted octanol–water partition coefficient (Wildman–Crippen LogP) is 2.86. The molecule has 1 aliphatic heterocycles. The Kier molecular flexibility index (Phi) is 4.07. The van der Waals surface area contributed by atoms with E-state index >= 15 is 0 Å². The fourth-order valence-electron chi connectivity index (χ4n) is 2.38. The number of rotatable bonds is 3. The predicted molar refractivity (Wildman–Crippen MR) is 76.1 cm³/mol. The van der Waals surface area contributed by atoms with Crippen LogP contribution in [0.3, 0.4) is 0 Å². The number of aliphatic hydroxyl groups is 1. The van der Waals surface area contributed by atoms with Gasteiger partial charge in [0.2, 0.25) is 0 Å². The van der Waals surface area contributed by atoms with E-state index in [1.54, 1.807) is 6.92 Å². The van der Waals surface area contributed by atoms with Gasteiger partial charge in [0.25, 0.3) is 0 Å². The van der Waals surface area contributed by atoms with Gasteiger partial charge in [-0.2, -0.15) is 0 Å². The van der Waals surface area contributed by atoms with E-state index in [1.807, 2.05) is 25.1 Å². The number of ketones is 1. The maximum atomic E-state index is 11.3. The number of halogens is 1. The van der Waals surface area contributed by atoms with E-state index in [0.29, 0.717) is 5.92 Å². The molecule has 2 rings (SSSR count). The number of carbonyl (C=O) groups excluding carboxylic acids is 1. The van der Waals surface area contributed by atoms with E-state index in [4.69, 9.17) is 0 Å². The summed E-state index contributed by atoms with van der Waals surface area (Å²) in [5, 5.41) is 9.62. The molecular formula is C14H18BrNO2. The van der Waals surface area contributed by atoms with E-state index in [-0.39, 0.29) is 11.9 Å². The first-order chi connectivity index (χ1) is 8.49. The molecule has 1 N–H and O–H groups in total. The van der Waals surface area contributed by atoms with E-state index in [9.17, 15) is 9.90 Å². The van der Waals surface area contributed by atoms with Crippen LogP contribution in [0.2, 0.25) is 0 Å². The number of hydrogen-bond donors (Lipinski definition) is 1. The van der Waals surface area contributed by atoms with Gasteiger partial charge in [-0.25, -0.2) is 0 Å². The second-order valence-corrected chi connectivity index (χ2v) is 5.81. The Morgan fingerprint density at radius 1 is 1.56 bits per heavy atom. The average Bonchev–Trinajstić information content (AvgIpc) is 2.78. The lowest BCUT2D eigenvalue weighted by Crippen LogP contribution is -2.24. The normalized spacial score (nSPS) is 21.1. The van der Waals surface area contributed by atoms with E-state index in [2.05, 4.69) is 20.8 Å². The first-order valence-electron chi connectivity index (χ1n) is 6.22. The van der Waals surface area contributed by atoms with Crippen molar-refractivity contribution in [3.63, 3.8) is 0 Å². The minimum atomic E-state index is -0.259. The van der Waals surface area contributed by atoms with Crippen LogP contribution in [0.1, 0.15) is 30.6 Å². The lowest BCUT2D eigenvalue weighted by atomic mass is 10.0. The molecule has 4 heteroatoms. The van der Waals surface area contributed by atoms with Crippen molar-refractivity contribution < 1.29 is 9.90 Å². The second kappa shape index (κ2) is 5.41. The molecule has 98 valence electrons. The van der Waals surface area contributed by atoms with Gasteiger partial charge in [-0.15, -0.1) is 0 Å². The van der Waals surface area contributed by atoms with Gasteiger partial charge >= 0.3 is 0 Å². The summed E-state index contributed by atoms with van der Waals surface area (Å²) in [7, 11) is 0. The highest BCUT2D eigenvalue weighted by Gasteiger charge is 2.27. The average molecular weight is 312 g/mol. The highest BCUT2D eigenvalue weighted by atomic mass is 79.9. The van der Waals surface area contributed by atoms with Crippen LogP contribution >= 0.6 is 15.9 Å². The van der Waals surface area contributed by atoms with Crippen molar-refractivity contribution in [3.8, 4) is 0 Å². The number of hydrogen-bond acceptors (Lipinski definition) is 3. The SMILES string of the molecule is CC(=O)c1ccc(N2CCC(C(C)O)C2)c(Br)c1. The van der Waals surface area contributed by atoms with Crippen LogP contribution < -0.4 is 4.90 Å². The highest BCUT2D eigenvalue weighted by Crippen LogP contribution is 2.32. The first kappa shape index (κ1) is 13.6. The molecule has 0 spiro atoms. The van der Waals surface area contributed by atoms with E-state index in [0.717, 1.165) is 35.2 Å². The molecule has 0 amide bonds. The van der Waals surface area contributed by atoms with Gasteiger partial charge in [0, 0.05) is 29.0 Å². The molecule has 1 aliphatic rings. The van der Waals surface area contributed by atoms with Crippen LogP contribution in [0.25, 0.3) is 0 Å². The standard InChI is InChI=1S/C14H18BrNO2/c1-9(17)11-3-4-14(13(15)7-11)16-6-5-12(8-16)10(2)18/h3-4,7,10,12,18H,5-6,8H2,1-2H3. The molecule has 3 nitrogen and oxygen atoms in total. The summed E-state index contributed by atoms with van der Waals surface area (Å²) in [5.41, 5.74) is 1.82. The smallest absolute Gasteiger partial charge is 0.159 e. The number of carbonyl (C=O) groups is 1. The van der Waals surface area contributed by atoms with Gasteiger partial charge in [-0.3, -0.25) is 4.79 Å². The van der Waals surface area contributed by atoms with Crippen molar-refractivity contribution in [3.05, 3.63) is 28.2 Å². The Morgan fingerprint density at radius 3 is 2.78 bits per heavy atom. The molecule has 1 fully saturated rings. The number of anilines is 1. The maximum Gasteiger partial charge on any atom is 0.159 e. The molecule has 1 aromatic carbocycles. The van der Waals surface area contributed by atoms with Gasteiger partial charge in [-0.05, 0) is 54.4 Å². The van der Waals surface area contributed by atoms with Crippen molar-refractivity contribution in [2.24, 2.45) is 5.92 Å². The Balaban J connectivity index is 2.18. The summed E-state index contributed by atoms with van der Waals surface area (Å²) < 4.78 is 0.946. The third kappa shape index (κ3) is 2.75. The summed E-state index contributed by atoms with van der Waals surface area (Å²) in [4.78, 5) is 13.6. The minimum Gasteiger partial charge on any atom is -0.393 e. The van der Waals surface area contributed by atoms with Crippen molar-refractivity contribution in [2.75, 3.05) is 18.0 Å². The molecule has 1 saturated heterocycles. The second-order valence-electron chi connectivity index (χ2n) is 4.96. The first-order valence-corrected chi connectivity index (χ1v) is 7.02. The zero-order chi connectivity index (χ0) is 13.3. The van der Waals surface area contributed by atoms with Gasteiger partial charge in [0.15, 0.2) is 5.78 Å². The van der Waals surface area contributed by atoms with Crippen molar-refractivity contribution in [2.45, 2.75) is 26.4 Å². The minimum absolute atomic E-state index is 0.0746. The molecule has 0 radical (unpaired) electrons. The topological polar surface area (TPSA) is 40.5 Å². The van der Waals surface area contributed by atoms with Crippen molar-refractivity contribution in [1.29, 1.82) is 0 Å². The molecule has 2 unspecified atom stereocenters. The zero-order valence-corrected chi connectivity index (χ0v) is 12.3. The van der Waals surface area contributed by atoms with Crippen LogP contribution in [-0.2, 0) is 0 Å². The van der Waals surface area contributed by atoms with Crippen LogP contribution in [0, 0.1) is 5.92 Å². The van der Waals surface area contributed by atoms with Crippen LogP contribution in [0.15, 0.2) is 22.7 Å². The summed E-state index contributed by atoms with van der Waals surface area (Å²) in [6, 6.07) is 5.71. The molecule has 1 heterocycles. The molecule has 0 bridgehead atoms. The zero-order valence-electron chi connectivity index (χ0n) is 10.7. The Labute approximate surface area is 116 Å². The Bertz CT molecular complexity index is 459. The fraction of sp³-hybridized carbons (Fsp3) is 0.500. The molecule has 0 saturated carbocycles. The van der Waals surface area contributed by atoms with Gasteiger partial charge in [-0.1, -0.05) is 0 Å². The van der Waals surface area contributed by atoms with Gasteiger partial charge < -0.3 is 10.0 Å². The lowest BCUT2D eigenvalue weighted by molar-refractivity contribution is 0.101. The number of nitrogens with zero attached hydrogens (tertiary/aromatic N) is 1. The summed E-state index contributed by atoms with van der Waals surface area (Å²) >= 11 is 3.53. The summed E-state index contributed by atoms with van der Waals surface area (Å²) in [6.45, 7) is 5.24. The van der Waals surface area contributed by atoms with Crippen molar-refractivity contribution >= 4 is 27.4 Å². The molecule has 18 heavy (non-hydrogen) atoms. The maximum absolute atomic E-state index is 11.3. The number of aliphatic hydroxyl groups excluding tert-OH is 1. The van der Waals surface area contributed by atoms with Gasteiger partial charge in [0.05, 0.1) is 11.8 Å². The Hall–Kier alpha value is -0.870. The monoisotopic (exact) mass is 311 g/mol. The number of benzene rings is 1. The van der Waals surface area contributed by atoms with Crippen molar-refractivity contribution in [1.82, 2.24) is 0 Å².